The topological polar surface area (TPSA) is 67.9 Å². The van der Waals surface area contributed by atoms with Crippen LogP contribution in [0.3, 0.4) is 0 Å². The summed E-state index contributed by atoms with van der Waals surface area (Å²) in [6.07, 6.45) is 5.37. The lowest BCUT2D eigenvalue weighted by Crippen LogP contribution is -2.43. The van der Waals surface area contributed by atoms with E-state index in [9.17, 15) is 0 Å². The molecule has 1 aliphatic rings. The highest BCUT2D eigenvalue weighted by atomic mass is 35.5. The summed E-state index contributed by atoms with van der Waals surface area (Å²) in [5, 5.41) is 5.58. The highest BCUT2D eigenvalue weighted by molar-refractivity contribution is 7.97. The van der Waals surface area contributed by atoms with Crippen LogP contribution in [0.2, 0.25) is 10.0 Å². The second-order valence-corrected chi connectivity index (χ2v) is 9.33. The van der Waals surface area contributed by atoms with Crippen LogP contribution in [0.15, 0.2) is 41.8 Å². The Kier molecular flexibility index (Phi) is 5.51. The van der Waals surface area contributed by atoms with Crippen LogP contribution in [0.4, 0.5) is 5.82 Å². The Morgan fingerprint density at radius 3 is 2.55 bits per heavy atom. The molecule has 0 bridgehead atoms. The Balaban J connectivity index is 1.36. The third-order valence-electron chi connectivity index (χ3n) is 5.26. The Morgan fingerprint density at radius 2 is 1.84 bits per heavy atom. The quantitative estimate of drug-likeness (QED) is 0.415. The van der Waals surface area contributed by atoms with Crippen LogP contribution in [-0.4, -0.2) is 59.8 Å². The summed E-state index contributed by atoms with van der Waals surface area (Å²) in [5.41, 5.74) is 2.58. The van der Waals surface area contributed by atoms with Crippen molar-refractivity contribution in [3.05, 3.63) is 47.0 Å². The fourth-order valence-electron chi connectivity index (χ4n) is 3.69. The van der Waals surface area contributed by atoms with E-state index in [0.29, 0.717) is 10.0 Å². The van der Waals surface area contributed by atoms with E-state index in [1.807, 2.05) is 43.2 Å². The van der Waals surface area contributed by atoms with Gasteiger partial charge in [-0.1, -0.05) is 23.2 Å². The lowest BCUT2D eigenvalue weighted by atomic mass is 10.3. The molecule has 3 aromatic heterocycles. The number of imidazole rings is 1. The largest absolute Gasteiger partial charge is 0.352 e. The number of halogens is 2. The third-order valence-corrected chi connectivity index (χ3v) is 7.10. The van der Waals surface area contributed by atoms with Gasteiger partial charge in [-0.2, -0.15) is 5.10 Å². The van der Waals surface area contributed by atoms with Crippen LogP contribution in [-0.2, 0) is 14.1 Å². The first-order valence-electron chi connectivity index (χ1n) is 9.79. The molecular weight excluding hydrogens is 455 g/mol. The number of hydrogen-bond acceptors (Lipinski definition) is 7. The van der Waals surface area contributed by atoms with Crippen molar-refractivity contribution in [2.75, 3.05) is 31.1 Å². The summed E-state index contributed by atoms with van der Waals surface area (Å²) in [6.45, 7) is 3.42. The maximum Gasteiger partial charge on any atom is 0.165 e. The van der Waals surface area contributed by atoms with Gasteiger partial charge in [-0.05, 0) is 30.1 Å². The number of anilines is 1. The summed E-state index contributed by atoms with van der Waals surface area (Å²) in [4.78, 5) is 17.2. The molecule has 1 aromatic carbocycles. The monoisotopic (exact) mass is 474 g/mol. The molecule has 1 aliphatic heterocycles. The molecule has 0 atom stereocenters. The first kappa shape index (κ1) is 20.6. The van der Waals surface area contributed by atoms with Gasteiger partial charge in [0.1, 0.15) is 12.2 Å². The summed E-state index contributed by atoms with van der Waals surface area (Å²) < 4.78 is 6.07. The average molecular weight is 475 g/mol. The van der Waals surface area contributed by atoms with Crippen molar-refractivity contribution in [2.24, 2.45) is 14.1 Å². The molecular formula is C20H20Cl2N8S. The highest BCUT2D eigenvalue weighted by Crippen LogP contribution is 2.33. The highest BCUT2D eigenvalue weighted by Gasteiger charge is 2.24. The number of benzene rings is 1. The molecule has 0 N–H and O–H groups in total. The molecule has 0 radical (unpaired) electrons. The van der Waals surface area contributed by atoms with Gasteiger partial charge in [0.25, 0.3) is 0 Å². The van der Waals surface area contributed by atoms with E-state index in [4.69, 9.17) is 28.2 Å². The van der Waals surface area contributed by atoms with Crippen LogP contribution in [0, 0.1) is 0 Å². The van der Waals surface area contributed by atoms with Gasteiger partial charge in [0.2, 0.25) is 0 Å². The molecule has 8 nitrogen and oxygen atoms in total. The summed E-state index contributed by atoms with van der Waals surface area (Å²) in [5.74, 6) is 1.70. The average Bonchev–Trinajstić information content (AvgIpc) is 3.34. The number of aromatic nitrogens is 6. The fourth-order valence-corrected chi connectivity index (χ4v) is 5.10. The zero-order valence-electron chi connectivity index (χ0n) is 17.0. The Labute approximate surface area is 193 Å². The van der Waals surface area contributed by atoms with Gasteiger partial charge >= 0.3 is 0 Å². The van der Waals surface area contributed by atoms with E-state index in [1.165, 1.54) is 0 Å². The molecule has 4 aromatic rings. The number of fused-ring (bicyclic) bond motifs is 1. The van der Waals surface area contributed by atoms with Crippen LogP contribution in [0.1, 0.15) is 0 Å². The van der Waals surface area contributed by atoms with E-state index >= 15 is 0 Å². The minimum Gasteiger partial charge on any atom is -0.352 e. The first-order valence-corrected chi connectivity index (χ1v) is 11.3. The molecule has 1 fully saturated rings. The van der Waals surface area contributed by atoms with Gasteiger partial charge in [0, 0.05) is 56.4 Å². The van der Waals surface area contributed by atoms with Crippen molar-refractivity contribution < 1.29 is 0 Å². The Bertz CT molecular complexity index is 1250. The smallest absolute Gasteiger partial charge is 0.165 e. The Hall–Kier alpha value is -2.33. The number of aryl methyl sites for hydroxylation is 2. The number of nitrogens with zero attached hydrogens (tertiary/aromatic N) is 8. The van der Waals surface area contributed by atoms with E-state index in [2.05, 4.69) is 24.3 Å². The van der Waals surface area contributed by atoms with Gasteiger partial charge < -0.3 is 9.47 Å². The molecule has 0 saturated carbocycles. The summed E-state index contributed by atoms with van der Waals surface area (Å²) >= 11 is 14.0. The predicted molar refractivity (Wildman–Crippen MR) is 125 cm³/mol. The van der Waals surface area contributed by atoms with E-state index < -0.39 is 0 Å². The van der Waals surface area contributed by atoms with Gasteiger partial charge in [0.05, 0.1) is 16.8 Å². The molecule has 11 heteroatoms. The van der Waals surface area contributed by atoms with Crippen LogP contribution < -0.4 is 4.90 Å². The zero-order valence-corrected chi connectivity index (χ0v) is 19.4. The SMILES string of the molecule is Cn1cc(-c2nc3c(N4CCN(Sc5ccc(Cl)cc5Cl)CC4)ncnc3n2C)cn1. The summed E-state index contributed by atoms with van der Waals surface area (Å²) in [6, 6.07) is 5.61. The van der Waals surface area contributed by atoms with Crippen molar-refractivity contribution in [3.63, 3.8) is 0 Å². The van der Waals surface area contributed by atoms with Crippen molar-refractivity contribution >= 4 is 52.1 Å². The van der Waals surface area contributed by atoms with Gasteiger partial charge in [-0.25, -0.2) is 19.3 Å². The van der Waals surface area contributed by atoms with Crippen LogP contribution >= 0.6 is 35.1 Å². The lowest BCUT2D eigenvalue weighted by Gasteiger charge is -2.34. The molecule has 160 valence electrons. The molecule has 5 rings (SSSR count). The predicted octanol–water partition coefficient (Wildman–Crippen LogP) is 3.90. The molecule has 31 heavy (non-hydrogen) atoms. The minimum atomic E-state index is 0.646. The number of rotatable bonds is 4. The first-order chi connectivity index (χ1) is 15.0. The van der Waals surface area contributed by atoms with Crippen molar-refractivity contribution in [2.45, 2.75) is 4.90 Å². The Morgan fingerprint density at radius 1 is 1.03 bits per heavy atom. The van der Waals surface area contributed by atoms with Crippen LogP contribution in [0.25, 0.3) is 22.6 Å². The zero-order chi connectivity index (χ0) is 21.5. The minimum absolute atomic E-state index is 0.646. The molecule has 0 unspecified atom stereocenters. The molecule has 4 heterocycles. The van der Waals surface area contributed by atoms with Crippen molar-refractivity contribution in [1.29, 1.82) is 0 Å². The third kappa shape index (κ3) is 3.98. The lowest BCUT2D eigenvalue weighted by molar-refractivity contribution is 0.428. The van der Waals surface area contributed by atoms with E-state index in [1.54, 1.807) is 29.0 Å². The fraction of sp³-hybridized carbons (Fsp3) is 0.300. The molecule has 0 spiro atoms. The maximum atomic E-state index is 6.33. The van der Waals surface area contributed by atoms with Crippen molar-refractivity contribution in [3.8, 4) is 11.4 Å². The summed E-state index contributed by atoms with van der Waals surface area (Å²) in [7, 11) is 3.87. The number of piperazine rings is 1. The van der Waals surface area contributed by atoms with E-state index in [0.717, 1.165) is 59.4 Å². The van der Waals surface area contributed by atoms with Crippen molar-refractivity contribution in [1.82, 2.24) is 33.6 Å². The molecule has 0 amide bonds. The van der Waals surface area contributed by atoms with Gasteiger partial charge in [-0.3, -0.25) is 4.68 Å². The van der Waals surface area contributed by atoms with Gasteiger partial charge in [-0.15, -0.1) is 0 Å². The maximum absolute atomic E-state index is 6.33. The number of hydrogen-bond donors (Lipinski definition) is 0. The second-order valence-electron chi connectivity index (χ2n) is 7.35. The molecule has 1 saturated heterocycles. The van der Waals surface area contributed by atoms with Gasteiger partial charge in [0.15, 0.2) is 17.0 Å². The van der Waals surface area contributed by atoms with Crippen LogP contribution in [0.5, 0.6) is 0 Å². The normalized spacial score (nSPS) is 15.2. The van der Waals surface area contributed by atoms with E-state index in [-0.39, 0.29) is 0 Å². The standard InChI is InChI=1S/C20H20Cl2N8S/c1-27-11-13(10-25-27)18-26-17-19(28(18)2)23-12-24-20(17)29-5-7-30(8-6-29)31-16-4-3-14(21)9-15(16)22/h3-4,9-12H,5-8H2,1-2H3. The molecule has 0 aliphatic carbocycles. The second kappa shape index (κ2) is 8.31.